The Morgan fingerprint density at radius 2 is 0.481 bits per heavy atom. The highest BCUT2D eigenvalue weighted by Gasteiger charge is 2.04. The zero-order valence-electron chi connectivity index (χ0n) is 29.0. The molecule has 0 bridgehead atoms. The van der Waals surface area contributed by atoms with Gasteiger partial charge in [-0.3, -0.25) is 0 Å². The highest BCUT2D eigenvalue weighted by molar-refractivity contribution is 5.66. The van der Waals surface area contributed by atoms with Crippen LogP contribution in [-0.2, 0) is 0 Å². The Morgan fingerprint density at radius 1 is 0.288 bits per heavy atom. The van der Waals surface area contributed by atoms with Gasteiger partial charge in [-0.25, -0.2) is 0 Å². The fourth-order valence-electron chi connectivity index (χ4n) is 5.62. The largest absolute Gasteiger partial charge is 0.494 e. The highest BCUT2D eigenvalue weighted by atomic mass is 16.5. The summed E-state index contributed by atoms with van der Waals surface area (Å²) in [7, 11) is 0. The molecule has 6 aromatic rings. The van der Waals surface area contributed by atoms with Crippen molar-refractivity contribution in [1.29, 1.82) is 10.5 Å². The molecule has 0 atom stereocenters. The van der Waals surface area contributed by atoms with E-state index in [1.54, 1.807) is 0 Å². The number of nitriles is 2. The van der Waals surface area contributed by atoms with Crippen molar-refractivity contribution in [2.75, 3.05) is 26.4 Å². The van der Waals surface area contributed by atoms with Gasteiger partial charge in [-0.2, -0.15) is 10.5 Å². The number of benzene rings is 6. The van der Waals surface area contributed by atoms with Gasteiger partial charge < -0.3 is 18.9 Å². The van der Waals surface area contributed by atoms with Crippen molar-refractivity contribution < 1.29 is 18.9 Å². The summed E-state index contributed by atoms with van der Waals surface area (Å²) in [6, 6.07) is 51.9. The molecule has 0 N–H and O–H groups in total. The first kappa shape index (κ1) is 35.3. The normalized spacial score (nSPS) is 10.5. The van der Waals surface area contributed by atoms with E-state index in [-0.39, 0.29) is 0 Å². The molecule has 0 heterocycles. The molecule has 0 spiro atoms. The number of hydrogen-bond donors (Lipinski definition) is 0. The van der Waals surface area contributed by atoms with Crippen molar-refractivity contribution in [2.24, 2.45) is 0 Å². The minimum absolute atomic E-state index is 0.630. The van der Waals surface area contributed by atoms with E-state index in [0.29, 0.717) is 37.6 Å². The molecule has 6 aromatic carbocycles. The maximum atomic E-state index is 8.98. The van der Waals surface area contributed by atoms with Crippen molar-refractivity contribution in [3.8, 4) is 68.5 Å². The molecule has 0 aliphatic heterocycles. The van der Waals surface area contributed by atoms with Crippen LogP contribution in [0, 0.1) is 22.7 Å². The summed E-state index contributed by atoms with van der Waals surface area (Å²) in [5.74, 6) is 3.39. The minimum atomic E-state index is 0.630. The number of rotatable bonds is 17. The lowest BCUT2D eigenvalue weighted by atomic mass is 10.0. The molecular weight excluding hydrogens is 645 g/mol. The topological polar surface area (TPSA) is 84.5 Å². The molecule has 0 unspecified atom stereocenters. The van der Waals surface area contributed by atoms with E-state index in [1.807, 2.05) is 121 Å². The van der Waals surface area contributed by atoms with Crippen molar-refractivity contribution in [2.45, 2.75) is 25.7 Å². The van der Waals surface area contributed by atoms with Gasteiger partial charge in [0.1, 0.15) is 23.0 Å². The monoisotopic (exact) mass is 684 g/mol. The Bertz CT molecular complexity index is 1910. The molecule has 6 nitrogen and oxygen atoms in total. The van der Waals surface area contributed by atoms with Crippen LogP contribution < -0.4 is 18.9 Å². The van der Waals surface area contributed by atoms with Crippen LogP contribution in [0.25, 0.3) is 33.4 Å². The van der Waals surface area contributed by atoms with Crippen molar-refractivity contribution >= 4 is 0 Å². The van der Waals surface area contributed by atoms with E-state index in [4.69, 9.17) is 29.5 Å². The second-order valence-corrected chi connectivity index (χ2v) is 12.3. The summed E-state index contributed by atoms with van der Waals surface area (Å²) in [5.41, 5.74) is 7.90. The lowest BCUT2D eigenvalue weighted by molar-refractivity contribution is 0.266. The smallest absolute Gasteiger partial charge is 0.119 e. The predicted molar refractivity (Wildman–Crippen MR) is 206 cm³/mol. The van der Waals surface area contributed by atoms with Gasteiger partial charge in [-0.05, 0) is 132 Å². The van der Waals surface area contributed by atoms with Gasteiger partial charge in [0.25, 0.3) is 0 Å². The third-order valence-corrected chi connectivity index (χ3v) is 8.60. The van der Waals surface area contributed by atoms with Crippen LogP contribution in [0.4, 0.5) is 0 Å². The van der Waals surface area contributed by atoms with Crippen LogP contribution in [0.3, 0.4) is 0 Å². The summed E-state index contributed by atoms with van der Waals surface area (Å²) >= 11 is 0. The first-order valence-electron chi connectivity index (χ1n) is 17.6. The summed E-state index contributed by atoms with van der Waals surface area (Å²) in [5, 5.41) is 18.0. The summed E-state index contributed by atoms with van der Waals surface area (Å²) in [4.78, 5) is 0. The lowest BCUT2D eigenvalue weighted by Crippen LogP contribution is -2.02. The molecule has 0 amide bonds. The van der Waals surface area contributed by atoms with Crippen molar-refractivity contribution in [1.82, 2.24) is 0 Å². The standard InChI is InChI=1S/C46H40N2O4/c47-33-35-5-9-37(10-6-35)39-13-21-43(22-14-39)49-29-1-3-31-51-45-25-17-41(18-26-45)42-19-27-46(28-20-42)52-32-4-2-30-50-44-23-15-40(16-24-44)38-11-7-36(34-48)8-12-38/h5-28H,1-4,29-32H2. The Morgan fingerprint density at radius 3 is 0.673 bits per heavy atom. The molecular formula is C46H40N2O4. The maximum absolute atomic E-state index is 8.98. The fraction of sp³-hybridized carbons (Fsp3) is 0.174. The summed E-state index contributed by atoms with van der Waals surface area (Å²) in [6.07, 6.45) is 3.59. The average molecular weight is 685 g/mol. The van der Waals surface area contributed by atoms with Gasteiger partial charge in [0, 0.05) is 0 Å². The molecule has 0 saturated heterocycles. The Kier molecular flexibility index (Phi) is 12.6. The molecule has 52 heavy (non-hydrogen) atoms. The quantitative estimate of drug-likeness (QED) is 0.0889. The summed E-state index contributed by atoms with van der Waals surface area (Å²) < 4.78 is 23.7. The number of unbranched alkanes of at least 4 members (excludes halogenated alkanes) is 2. The van der Waals surface area contributed by atoms with E-state index >= 15 is 0 Å². The van der Waals surface area contributed by atoms with Gasteiger partial charge in [0.05, 0.1) is 49.7 Å². The predicted octanol–water partition coefficient (Wildman–Crippen LogP) is 10.9. The van der Waals surface area contributed by atoms with Crippen LogP contribution in [0.2, 0.25) is 0 Å². The Hall–Kier alpha value is -6.50. The van der Waals surface area contributed by atoms with Gasteiger partial charge in [-0.1, -0.05) is 72.8 Å². The van der Waals surface area contributed by atoms with Gasteiger partial charge in [0.2, 0.25) is 0 Å². The third-order valence-electron chi connectivity index (χ3n) is 8.60. The molecule has 0 aliphatic rings. The second kappa shape index (κ2) is 18.5. The first-order chi connectivity index (χ1) is 25.7. The number of nitrogens with zero attached hydrogens (tertiary/aromatic N) is 2. The number of hydrogen-bond acceptors (Lipinski definition) is 6. The van der Waals surface area contributed by atoms with Gasteiger partial charge >= 0.3 is 0 Å². The lowest BCUT2D eigenvalue weighted by Gasteiger charge is -2.10. The molecule has 6 heteroatoms. The van der Waals surface area contributed by atoms with Gasteiger partial charge in [-0.15, -0.1) is 0 Å². The zero-order valence-corrected chi connectivity index (χ0v) is 29.0. The van der Waals surface area contributed by atoms with Crippen LogP contribution in [0.15, 0.2) is 146 Å². The SMILES string of the molecule is N#Cc1ccc(-c2ccc(OCCCCOc3ccc(-c4ccc(OCCCCOc5ccc(-c6ccc(C#N)cc6)cc5)cc4)cc3)cc2)cc1. The zero-order chi connectivity index (χ0) is 35.8. The molecule has 0 radical (unpaired) electrons. The van der Waals surface area contributed by atoms with E-state index < -0.39 is 0 Å². The molecule has 0 aromatic heterocycles. The van der Waals surface area contributed by atoms with Crippen LogP contribution >= 0.6 is 0 Å². The molecule has 6 rings (SSSR count). The number of ether oxygens (including phenoxy) is 4. The molecule has 258 valence electrons. The van der Waals surface area contributed by atoms with Gasteiger partial charge in [0.15, 0.2) is 0 Å². The Balaban J connectivity index is 0.826. The van der Waals surface area contributed by atoms with E-state index in [2.05, 4.69) is 36.4 Å². The maximum Gasteiger partial charge on any atom is 0.119 e. The first-order valence-corrected chi connectivity index (χ1v) is 17.6. The average Bonchev–Trinajstić information content (AvgIpc) is 3.21. The van der Waals surface area contributed by atoms with Crippen LogP contribution in [0.5, 0.6) is 23.0 Å². The van der Waals surface area contributed by atoms with Crippen LogP contribution in [0.1, 0.15) is 36.8 Å². The van der Waals surface area contributed by atoms with E-state index in [9.17, 15) is 0 Å². The van der Waals surface area contributed by atoms with E-state index in [1.165, 1.54) is 0 Å². The molecule has 0 aliphatic carbocycles. The summed E-state index contributed by atoms with van der Waals surface area (Å²) in [6.45, 7) is 2.52. The molecule has 0 fully saturated rings. The van der Waals surface area contributed by atoms with E-state index in [0.717, 1.165) is 82.1 Å². The highest BCUT2D eigenvalue weighted by Crippen LogP contribution is 2.26. The Labute approximate surface area is 306 Å². The minimum Gasteiger partial charge on any atom is -0.494 e. The van der Waals surface area contributed by atoms with Crippen molar-refractivity contribution in [3.63, 3.8) is 0 Å². The molecule has 0 saturated carbocycles. The third kappa shape index (κ3) is 10.3. The second-order valence-electron chi connectivity index (χ2n) is 12.3. The fourth-order valence-corrected chi connectivity index (χ4v) is 5.62. The van der Waals surface area contributed by atoms with Crippen LogP contribution in [-0.4, -0.2) is 26.4 Å². The van der Waals surface area contributed by atoms with Crippen molar-refractivity contribution in [3.05, 3.63) is 157 Å².